The predicted molar refractivity (Wildman–Crippen MR) is 101 cm³/mol. The highest BCUT2D eigenvalue weighted by Crippen LogP contribution is 2.26. The van der Waals surface area contributed by atoms with Gasteiger partial charge in [0.2, 0.25) is 5.78 Å². The third-order valence-corrected chi connectivity index (χ3v) is 4.73. The van der Waals surface area contributed by atoms with Gasteiger partial charge in [0.25, 0.3) is 0 Å². The number of ketones is 1. The average Bonchev–Trinajstić information content (AvgIpc) is 2.95. The number of methoxy groups -OCH3 is 1. The molecule has 1 atom stereocenters. The van der Waals surface area contributed by atoms with E-state index in [0.29, 0.717) is 16.8 Å². The Kier molecular flexibility index (Phi) is 5.88. The van der Waals surface area contributed by atoms with Crippen LogP contribution in [0.15, 0.2) is 30.3 Å². The Morgan fingerprint density at radius 1 is 1.07 bits per heavy atom. The molecule has 0 unspecified atom stereocenters. The van der Waals surface area contributed by atoms with E-state index in [1.165, 1.54) is 14.0 Å². The lowest BCUT2D eigenvalue weighted by atomic mass is 9.85. The molecule has 6 nitrogen and oxygen atoms in total. The van der Waals surface area contributed by atoms with Crippen LogP contribution in [0.1, 0.15) is 58.4 Å². The molecule has 6 heteroatoms. The quantitative estimate of drug-likeness (QED) is 0.620. The molecule has 0 radical (unpaired) electrons. The van der Waals surface area contributed by atoms with Crippen LogP contribution in [0.4, 0.5) is 0 Å². The van der Waals surface area contributed by atoms with Crippen LogP contribution in [0, 0.1) is 13.8 Å². The highest BCUT2D eigenvalue weighted by molar-refractivity contribution is 6.04. The van der Waals surface area contributed by atoms with E-state index in [0.717, 1.165) is 5.56 Å². The summed E-state index contributed by atoms with van der Waals surface area (Å²) in [7, 11) is 1.28. The van der Waals surface area contributed by atoms with Gasteiger partial charge in [0.05, 0.1) is 23.8 Å². The number of benzene rings is 1. The van der Waals surface area contributed by atoms with E-state index in [1.807, 2.05) is 30.3 Å². The molecule has 2 aromatic rings. The zero-order chi connectivity index (χ0) is 20.4. The van der Waals surface area contributed by atoms with Crippen LogP contribution in [0.25, 0.3) is 0 Å². The highest BCUT2D eigenvalue weighted by atomic mass is 16.5. The number of carbonyl (C=O) groups is 3. The number of Topliss-reactive ketones (excluding diaryl/α,β-unsaturated/α-hetero) is 1. The summed E-state index contributed by atoms with van der Waals surface area (Å²) in [6.45, 7) is 8.37. The molecule has 1 aromatic carbocycles. The van der Waals surface area contributed by atoms with Gasteiger partial charge >= 0.3 is 11.9 Å². The fraction of sp³-hybridized carbons (Fsp3) is 0.381. The predicted octanol–water partition coefficient (Wildman–Crippen LogP) is 3.51. The standard InChI is InChI=1S/C21H25NO5/c1-12-16(19(24)26-6)13(2)22-17(12)18(23)14(3)27-20(25)21(4,5)15-10-8-7-9-11-15/h7-11,14,22H,1-6H3/t14-/m0/s1. The Bertz CT molecular complexity index is 864. The van der Waals surface area contributed by atoms with Crippen molar-refractivity contribution in [1.82, 2.24) is 4.98 Å². The number of carbonyl (C=O) groups excluding carboxylic acids is 3. The lowest BCUT2D eigenvalue weighted by Gasteiger charge is -2.25. The summed E-state index contributed by atoms with van der Waals surface area (Å²) in [5.41, 5.74) is 1.48. The topological polar surface area (TPSA) is 85.5 Å². The molecule has 0 saturated carbocycles. The average molecular weight is 371 g/mol. The number of esters is 2. The summed E-state index contributed by atoms with van der Waals surface area (Å²) < 4.78 is 10.2. The Labute approximate surface area is 158 Å². The van der Waals surface area contributed by atoms with E-state index in [-0.39, 0.29) is 5.69 Å². The van der Waals surface area contributed by atoms with Crippen molar-refractivity contribution in [3.63, 3.8) is 0 Å². The summed E-state index contributed by atoms with van der Waals surface area (Å²) in [6, 6.07) is 9.24. The molecule has 27 heavy (non-hydrogen) atoms. The second kappa shape index (κ2) is 7.78. The molecule has 0 aliphatic carbocycles. The monoisotopic (exact) mass is 371 g/mol. The number of ether oxygens (including phenoxy) is 2. The summed E-state index contributed by atoms with van der Waals surface area (Å²) in [6.07, 6.45) is -0.997. The Morgan fingerprint density at radius 3 is 2.22 bits per heavy atom. The maximum atomic E-state index is 12.8. The molecule has 0 aliphatic heterocycles. The summed E-state index contributed by atoms with van der Waals surface area (Å²) >= 11 is 0. The minimum Gasteiger partial charge on any atom is -0.465 e. The molecule has 1 aromatic heterocycles. The SMILES string of the molecule is COC(=O)c1c(C)[nH]c(C(=O)[C@H](C)OC(=O)C(C)(C)c2ccccc2)c1C. The first-order valence-corrected chi connectivity index (χ1v) is 8.69. The number of hydrogen-bond acceptors (Lipinski definition) is 5. The number of rotatable bonds is 6. The Balaban J connectivity index is 2.21. The van der Waals surface area contributed by atoms with Crippen LogP contribution in [0.3, 0.4) is 0 Å². The number of aromatic nitrogens is 1. The molecule has 0 saturated heterocycles. The molecule has 2 rings (SSSR count). The van der Waals surface area contributed by atoms with Gasteiger partial charge in [-0.15, -0.1) is 0 Å². The van der Waals surface area contributed by atoms with Crippen molar-refractivity contribution in [2.75, 3.05) is 7.11 Å². The summed E-state index contributed by atoms with van der Waals surface area (Å²) in [4.78, 5) is 40.2. The first kappa shape index (κ1) is 20.4. The fourth-order valence-electron chi connectivity index (χ4n) is 2.94. The van der Waals surface area contributed by atoms with Crippen molar-refractivity contribution >= 4 is 17.7 Å². The molecular formula is C21H25NO5. The maximum Gasteiger partial charge on any atom is 0.339 e. The van der Waals surface area contributed by atoms with Crippen molar-refractivity contribution < 1.29 is 23.9 Å². The van der Waals surface area contributed by atoms with Gasteiger partial charge in [0, 0.05) is 5.69 Å². The van der Waals surface area contributed by atoms with E-state index in [9.17, 15) is 14.4 Å². The summed E-state index contributed by atoms with van der Waals surface area (Å²) in [5.74, 6) is -1.42. The normalized spacial score (nSPS) is 12.4. The largest absolute Gasteiger partial charge is 0.465 e. The zero-order valence-corrected chi connectivity index (χ0v) is 16.5. The highest BCUT2D eigenvalue weighted by Gasteiger charge is 2.35. The van der Waals surface area contributed by atoms with Crippen LogP contribution in [-0.4, -0.2) is 35.9 Å². The van der Waals surface area contributed by atoms with Gasteiger partial charge < -0.3 is 14.5 Å². The minimum atomic E-state index is -0.997. The molecule has 0 spiro atoms. The first-order valence-electron chi connectivity index (χ1n) is 8.69. The van der Waals surface area contributed by atoms with Crippen molar-refractivity contribution in [2.24, 2.45) is 0 Å². The van der Waals surface area contributed by atoms with Gasteiger partial charge in [0.1, 0.15) is 0 Å². The van der Waals surface area contributed by atoms with Crippen LogP contribution >= 0.6 is 0 Å². The molecule has 1 heterocycles. The lowest BCUT2D eigenvalue weighted by Crippen LogP contribution is -2.36. The van der Waals surface area contributed by atoms with Gasteiger partial charge in [0.15, 0.2) is 6.10 Å². The number of aryl methyl sites for hydroxylation is 1. The maximum absolute atomic E-state index is 12.8. The smallest absolute Gasteiger partial charge is 0.339 e. The van der Waals surface area contributed by atoms with Gasteiger partial charge in [-0.05, 0) is 45.7 Å². The van der Waals surface area contributed by atoms with Crippen LogP contribution in [0.5, 0.6) is 0 Å². The molecule has 0 aliphatic rings. The number of aromatic amines is 1. The molecule has 0 bridgehead atoms. The molecule has 0 amide bonds. The van der Waals surface area contributed by atoms with Gasteiger partial charge in [-0.1, -0.05) is 30.3 Å². The molecule has 144 valence electrons. The number of nitrogens with one attached hydrogen (secondary N) is 1. The second-order valence-corrected chi connectivity index (χ2v) is 7.02. The van der Waals surface area contributed by atoms with E-state index >= 15 is 0 Å². The molecular weight excluding hydrogens is 346 g/mol. The van der Waals surface area contributed by atoms with Gasteiger partial charge in [-0.3, -0.25) is 9.59 Å². The fourth-order valence-corrected chi connectivity index (χ4v) is 2.94. The van der Waals surface area contributed by atoms with Gasteiger partial charge in [-0.2, -0.15) is 0 Å². The minimum absolute atomic E-state index is 0.241. The summed E-state index contributed by atoms with van der Waals surface area (Å²) in [5, 5.41) is 0. The zero-order valence-electron chi connectivity index (χ0n) is 16.5. The van der Waals surface area contributed by atoms with E-state index in [4.69, 9.17) is 9.47 Å². The number of hydrogen-bond donors (Lipinski definition) is 1. The Morgan fingerprint density at radius 2 is 1.67 bits per heavy atom. The van der Waals surface area contributed by atoms with E-state index in [2.05, 4.69) is 4.98 Å². The van der Waals surface area contributed by atoms with E-state index < -0.39 is 29.2 Å². The van der Waals surface area contributed by atoms with Crippen LogP contribution < -0.4 is 0 Å². The van der Waals surface area contributed by atoms with E-state index in [1.54, 1.807) is 27.7 Å². The molecule has 1 N–H and O–H groups in total. The lowest BCUT2D eigenvalue weighted by molar-refractivity contribution is -0.152. The Hall–Kier alpha value is -2.89. The number of H-pyrrole nitrogens is 1. The van der Waals surface area contributed by atoms with Crippen molar-refractivity contribution in [3.05, 3.63) is 58.4 Å². The van der Waals surface area contributed by atoms with Gasteiger partial charge in [-0.25, -0.2) is 4.79 Å². The second-order valence-electron chi connectivity index (χ2n) is 7.02. The first-order chi connectivity index (χ1) is 12.6. The van der Waals surface area contributed by atoms with Crippen molar-refractivity contribution in [1.29, 1.82) is 0 Å². The van der Waals surface area contributed by atoms with Crippen LogP contribution in [-0.2, 0) is 19.7 Å². The molecule has 0 fully saturated rings. The van der Waals surface area contributed by atoms with Crippen molar-refractivity contribution in [3.8, 4) is 0 Å². The third kappa shape index (κ3) is 3.94. The van der Waals surface area contributed by atoms with Crippen molar-refractivity contribution in [2.45, 2.75) is 46.1 Å². The third-order valence-electron chi connectivity index (χ3n) is 4.73. The van der Waals surface area contributed by atoms with Crippen LogP contribution in [0.2, 0.25) is 0 Å².